The summed E-state index contributed by atoms with van der Waals surface area (Å²) in [5, 5.41) is 2.93. The summed E-state index contributed by atoms with van der Waals surface area (Å²) in [5.74, 6) is -0.225. The van der Waals surface area contributed by atoms with Gasteiger partial charge in [-0.25, -0.2) is 0 Å². The first-order chi connectivity index (χ1) is 10.6. The Morgan fingerprint density at radius 3 is 2.77 bits per heavy atom. The smallest absolute Gasteiger partial charge is 0.314 e. The predicted molar refractivity (Wildman–Crippen MR) is 84.6 cm³/mol. The van der Waals surface area contributed by atoms with Gasteiger partial charge in [-0.05, 0) is 38.8 Å². The number of carbonyl (C=O) groups is 2. The third-order valence-corrected chi connectivity index (χ3v) is 4.23. The van der Waals surface area contributed by atoms with E-state index in [0.29, 0.717) is 13.2 Å². The van der Waals surface area contributed by atoms with E-state index < -0.39 is 0 Å². The van der Waals surface area contributed by atoms with Crippen LogP contribution in [0.1, 0.15) is 26.7 Å². The number of rotatable bonds is 5. The van der Waals surface area contributed by atoms with Crippen molar-refractivity contribution in [3.63, 3.8) is 0 Å². The highest BCUT2D eigenvalue weighted by Crippen LogP contribution is 2.10. The molecule has 2 rings (SSSR count). The number of benzene rings is 1. The summed E-state index contributed by atoms with van der Waals surface area (Å²) in [6.45, 7) is 5.73. The number of hydrogen-bond acceptors (Lipinski definition) is 3. The standard InChI is InChI=1S/C17H24N2O3/c1-3-22-17(21)14-8-7-11-19(12-14)13(2)16(20)18-15-9-5-4-6-10-15/h4-6,9-10,13-14H,3,7-8,11-12H2,1-2H3,(H,18,20)/p+1/t13-,14-/m0/s1. The van der Waals surface area contributed by atoms with Crippen LogP contribution in [0.5, 0.6) is 0 Å². The molecule has 1 fully saturated rings. The number of quaternary nitrogens is 1. The average Bonchev–Trinajstić information content (AvgIpc) is 2.55. The van der Waals surface area contributed by atoms with Gasteiger partial charge in [0.1, 0.15) is 5.92 Å². The molecule has 0 saturated carbocycles. The molecule has 0 spiro atoms. The molecule has 1 saturated heterocycles. The Kier molecular flexibility index (Phi) is 5.95. The van der Waals surface area contributed by atoms with Crippen molar-refractivity contribution in [2.45, 2.75) is 32.7 Å². The van der Waals surface area contributed by atoms with E-state index in [1.54, 1.807) is 0 Å². The van der Waals surface area contributed by atoms with E-state index in [4.69, 9.17) is 4.74 Å². The van der Waals surface area contributed by atoms with E-state index in [2.05, 4.69) is 5.32 Å². The molecule has 1 aromatic carbocycles. The molecule has 2 N–H and O–H groups in total. The van der Waals surface area contributed by atoms with Gasteiger partial charge in [0.15, 0.2) is 6.04 Å². The second-order valence-electron chi connectivity index (χ2n) is 5.78. The lowest BCUT2D eigenvalue weighted by Gasteiger charge is -2.32. The van der Waals surface area contributed by atoms with Crippen LogP contribution in [0, 0.1) is 5.92 Å². The van der Waals surface area contributed by atoms with Gasteiger partial charge in [0.2, 0.25) is 0 Å². The fraction of sp³-hybridized carbons (Fsp3) is 0.529. The molecule has 0 aromatic heterocycles. The third-order valence-electron chi connectivity index (χ3n) is 4.23. The second-order valence-corrected chi connectivity index (χ2v) is 5.78. The minimum Gasteiger partial charge on any atom is -0.466 e. The lowest BCUT2D eigenvalue weighted by Crippen LogP contribution is -3.18. The molecule has 1 unspecified atom stereocenters. The van der Waals surface area contributed by atoms with Gasteiger partial charge in [-0.1, -0.05) is 18.2 Å². The van der Waals surface area contributed by atoms with E-state index in [1.165, 1.54) is 0 Å². The van der Waals surface area contributed by atoms with Crippen molar-refractivity contribution in [2.24, 2.45) is 5.92 Å². The van der Waals surface area contributed by atoms with Gasteiger partial charge in [-0.3, -0.25) is 9.59 Å². The van der Waals surface area contributed by atoms with Gasteiger partial charge in [-0.2, -0.15) is 0 Å². The Balaban J connectivity index is 1.92. The summed E-state index contributed by atoms with van der Waals surface area (Å²) in [6, 6.07) is 9.27. The van der Waals surface area contributed by atoms with Crippen molar-refractivity contribution in [3.05, 3.63) is 30.3 Å². The fourth-order valence-corrected chi connectivity index (χ4v) is 2.91. The van der Waals surface area contributed by atoms with Crippen LogP contribution in [0.25, 0.3) is 0 Å². The second kappa shape index (κ2) is 7.94. The zero-order valence-electron chi connectivity index (χ0n) is 13.3. The Bertz CT molecular complexity index is 504. The topological polar surface area (TPSA) is 59.8 Å². The highest BCUT2D eigenvalue weighted by Gasteiger charge is 2.34. The first-order valence-corrected chi connectivity index (χ1v) is 7.99. The molecule has 1 amide bonds. The van der Waals surface area contributed by atoms with Crippen LogP contribution >= 0.6 is 0 Å². The largest absolute Gasteiger partial charge is 0.466 e. The van der Waals surface area contributed by atoms with Crippen LogP contribution in [0.3, 0.4) is 0 Å². The van der Waals surface area contributed by atoms with E-state index in [1.807, 2.05) is 44.2 Å². The van der Waals surface area contributed by atoms with Crippen LogP contribution in [0.2, 0.25) is 0 Å². The van der Waals surface area contributed by atoms with Crippen molar-refractivity contribution in [1.29, 1.82) is 0 Å². The highest BCUT2D eigenvalue weighted by molar-refractivity contribution is 5.93. The molecule has 22 heavy (non-hydrogen) atoms. The Morgan fingerprint density at radius 2 is 2.09 bits per heavy atom. The number of hydrogen-bond donors (Lipinski definition) is 2. The highest BCUT2D eigenvalue weighted by atomic mass is 16.5. The van der Waals surface area contributed by atoms with E-state index in [9.17, 15) is 9.59 Å². The van der Waals surface area contributed by atoms with Crippen LogP contribution in [-0.4, -0.2) is 37.6 Å². The molecule has 1 aliphatic heterocycles. The van der Waals surface area contributed by atoms with Crippen LogP contribution in [-0.2, 0) is 14.3 Å². The van der Waals surface area contributed by atoms with Crippen molar-refractivity contribution in [2.75, 3.05) is 25.0 Å². The van der Waals surface area contributed by atoms with Crippen molar-refractivity contribution in [1.82, 2.24) is 0 Å². The van der Waals surface area contributed by atoms with Gasteiger partial charge in [-0.15, -0.1) is 0 Å². The summed E-state index contributed by atoms with van der Waals surface area (Å²) in [4.78, 5) is 25.4. The normalized spacial score (nSPS) is 22.6. The molecule has 120 valence electrons. The number of para-hydroxylation sites is 1. The van der Waals surface area contributed by atoms with Crippen molar-refractivity contribution < 1.29 is 19.2 Å². The van der Waals surface area contributed by atoms with Crippen molar-refractivity contribution in [3.8, 4) is 0 Å². The average molecular weight is 305 g/mol. The first kappa shape index (κ1) is 16.5. The molecule has 0 bridgehead atoms. The van der Waals surface area contributed by atoms with Gasteiger partial charge >= 0.3 is 5.97 Å². The van der Waals surface area contributed by atoms with Crippen LogP contribution in [0.4, 0.5) is 5.69 Å². The van der Waals surface area contributed by atoms with Crippen molar-refractivity contribution >= 4 is 17.6 Å². The molecule has 1 heterocycles. The number of piperidine rings is 1. The number of nitrogens with one attached hydrogen (secondary N) is 2. The zero-order valence-corrected chi connectivity index (χ0v) is 13.3. The number of carbonyl (C=O) groups excluding carboxylic acids is 2. The molecular formula is C17H25N2O3+. The summed E-state index contributed by atoms with van der Waals surface area (Å²) >= 11 is 0. The minimum atomic E-state index is -0.183. The SMILES string of the molecule is CCOC(=O)[C@H]1CCC[NH+]([C@@H](C)C(=O)Nc2ccccc2)C1. The Labute approximate surface area is 131 Å². The predicted octanol–water partition coefficient (Wildman–Crippen LogP) is 0.872. The molecule has 3 atom stereocenters. The monoisotopic (exact) mass is 305 g/mol. The number of amides is 1. The van der Waals surface area contributed by atoms with Crippen LogP contribution in [0.15, 0.2) is 30.3 Å². The summed E-state index contributed by atoms with van der Waals surface area (Å²) in [7, 11) is 0. The van der Waals surface area contributed by atoms with Gasteiger partial charge < -0.3 is 15.0 Å². The molecule has 5 nitrogen and oxygen atoms in total. The van der Waals surface area contributed by atoms with E-state index >= 15 is 0 Å². The molecule has 0 radical (unpaired) electrons. The Hall–Kier alpha value is -1.88. The lowest BCUT2D eigenvalue weighted by molar-refractivity contribution is -0.921. The quantitative estimate of drug-likeness (QED) is 0.794. The first-order valence-electron chi connectivity index (χ1n) is 7.99. The zero-order chi connectivity index (χ0) is 15.9. The van der Waals surface area contributed by atoms with Gasteiger partial charge in [0.25, 0.3) is 5.91 Å². The maximum atomic E-state index is 12.4. The summed E-state index contributed by atoms with van der Waals surface area (Å²) in [5.41, 5.74) is 0.803. The summed E-state index contributed by atoms with van der Waals surface area (Å²) < 4.78 is 5.11. The van der Waals surface area contributed by atoms with E-state index in [0.717, 1.165) is 30.0 Å². The number of likely N-dealkylation sites (tertiary alicyclic amines) is 1. The van der Waals surface area contributed by atoms with Gasteiger partial charge in [0, 0.05) is 5.69 Å². The maximum Gasteiger partial charge on any atom is 0.314 e. The molecule has 1 aromatic rings. The Morgan fingerprint density at radius 1 is 1.36 bits per heavy atom. The van der Waals surface area contributed by atoms with Crippen LogP contribution < -0.4 is 10.2 Å². The molecule has 0 aliphatic carbocycles. The lowest BCUT2D eigenvalue weighted by atomic mass is 9.97. The molecule has 5 heteroatoms. The minimum absolute atomic E-state index is 0.00860. The maximum absolute atomic E-state index is 12.4. The number of ether oxygens (including phenoxy) is 1. The van der Waals surface area contributed by atoms with E-state index in [-0.39, 0.29) is 23.8 Å². The number of anilines is 1. The fourth-order valence-electron chi connectivity index (χ4n) is 2.91. The molecular weight excluding hydrogens is 280 g/mol. The molecule has 1 aliphatic rings. The van der Waals surface area contributed by atoms with Gasteiger partial charge in [0.05, 0.1) is 19.7 Å². The summed E-state index contributed by atoms with van der Waals surface area (Å²) in [6.07, 6.45) is 1.80. The number of esters is 1. The third kappa shape index (κ3) is 4.31.